The Morgan fingerprint density at radius 1 is 1.30 bits per heavy atom. The average molecular weight is 267 g/mol. The summed E-state index contributed by atoms with van der Waals surface area (Å²) >= 11 is 0. The van der Waals surface area contributed by atoms with Gasteiger partial charge in [-0.1, -0.05) is 24.6 Å². The summed E-state index contributed by atoms with van der Waals surface area (Å²) in [5.41, 5.74) is 3.59. The summed E-state index contributed by atoms with van der Waals surface area (Å²) < 4.78 is 0. The highest BCUT2D eigenvalue weighted by atomic mass is 16.2. The van der Waals surface area contributed by atoms with E-state index in [-0.39, 0.29) is 11.3 Å². The summed E-state index contributed by atoms with van der Waals surface area (Å²) in [6.45, 7) is 0.847. The van der Waals surface area contributed by atoms with Crippen molar-refractivity contribution in [2.45, 2.75) is 31.1 Å². The molecule has 4 nitrogen and oxygen atoms in total. The second kappa shape index (κ2) is 4.20. The van der Waals surface area contributed by atoms with E-state index in [2.05, 4.69) is 28.4 Å². The van der Waals surface area contributed by atoms with Gasteiger partial charge in [0.15, 0.2) is 0 Å². The molecule has 1 aromatic carbocycles. The highest BCUT2D eigenvalue weighted by Crippen LogP contribution is 2.52. The smallest absolute Gasteiger partial charge is 0.233 e. The van der Waals surface area contributed by atoms with Gasteiger partial charge in [0.25, 0.3) is 0 Å². The lowest BCUT2D eigenvalue weighted by atomic mass is 9.66. The Hall–Kier alpha value is -2.10. The molecule has 1 aliphatic heterocycles. The molecule has 1 N–H and O–H groups in total. The molecule has 20 heavy (non-hydrogen) atoms. The van der Waals surface area contributed by atoms with Crippen molar-refractivity contribution in [2.24, 2.45) is 0 Å². The van der Waals surface area contributed by atoms with E-state index in [1.807, 2.05) is 17.0 Å². The zero-order chi connectivity index (χ0) is 13.6. The second-order valence-electron chi connectivity index (χ2n) is 5.89. The van der Waals surface area contributed by atoms with E-state index in [4.69, 9.17) is 0 Å². The quantitative estimate of drug-likeness (QED) is 0.908. The topological polar surface area (TPSA) is 49.0 Å². The molecule has 0 saturated heterocycles. The van der Waals surface area contributed by atoms with E-state index in [9.17, 15) is 4.79 Å². The minimum Gasteiger partial charge on any atom is -0.311 e. The highest BCUT2D eigenvalue weighted by molar-refractivity contribution is 5.97. The number of amides is 1. The maximum Gasteiger partial charge on any atom is 0.233 e. The lowest BCUT2D eigenvalue weighted by Crippen LogP contribution is -2.41. The first kappa shape index (κ1) is 11.7. The second-order valence-corrected chi connectivity index (χ2v) is 5.89. The summed E-state index contributed by atoms with van der Waals surface area (Å²) in [5.74, 6) is 0.158. The number of fused-ring (bicyclic) bond motifs is 2. The Bertz CT molecular complexity index is 644. The van der Waals surface area contributed by atoms with E-state index in [1.54, 1.807) is 6.20 Å². The predicted octanol–water partition coefficient (Wildman–Crippen LogP) is 2.42. The third-order valence-corrected chi connectivity index (χ3v) is 4.74. The van der Waals surface area contributed by atoms with Crippen LogP contribution in [0.1, 0.15) is 30.5 Å². The molecule has 0 bridgehead atoms. The lowest BCUT2D eigenvalue weighted by molar-refractivity contribution is -0.118. The molecule has 1 aromatic heterocycles. The van der Waals surface area contributed by atoms with Crippen LogP contribution in [0.4, 0.5) is 5.69 Å². The molecule has 4 heteroatoms. The summed E-state index contributed by atoms with van der Waals surface area (Å²) in [6.07, 6.45) is 5.77. The molecular formula is C16H17N3O. The van der Waals surface area contributed by atoms with E-state index in [0.29, 0.717) is 6.42 Å². The van der Waals surface area contributed by atoms with Gasteiger partial charge in [0.1, 0.15) is 0 Å². The molecule has 2 heterocycles. The molecule has 0 atom stereocenters. The van der Waals surface area contributed by atoms with Gasteiger partial charge < -0.3 is 4.90 Å². The number of H-pyrrole nitrogens is 1. The molecule has 1 aliphatic carbocycles. The van der Waals surface area contributed by atoms with Gasteiger partial charge in [0.05, 0.1) is 6.42 Å². The van der Waals surface area contributed by atoms with Crippen LogP contribution >= 0.6 is 0 Å². The third-order valence-electron chi connectivity index (χ3n) is 4.74. The fraction of sp³-hybridized carbons (Fsp3) is 0.375. The van der Waals surface area contributed by atoms with Crippen molar-refractivity contribution < 1.29 is 4.79 Å². The maximum absolute atomic E-state index is 12.6. The van der Waals surface area contributed by atoms with E-state index < -0.39 is 0 Å². The van der Waals surface area contributed by atoms with Gasteiger partial charge in [-0.15, -0.1) is 0 Å². The number of aromatic amines is 1. The minimum atomic E-state index is 0.158. The van der Waals surface area contributed by atoms with Crippen LogP contribution in [0.2, 0.25) is 0 Å². The number of carbonyl (C=O) groups is 1. The molecule has 1 fully saturated rings. The van der Waals surface area contributed by atoms with Crippen LogP contribution in [0.5, 0.6) is 0 Å². The van der Waals surface area contributed by atoms with Crippen LogP contribution < -0.4 is 4.90 Å². The van der Waals surface area contributed by atoms with Gasteiger partial charge >= 0.3 is 0 Å². The lowest BCUT2D eigenvalue weighted by Gasteiger charge is -2.38. The molecule has 1 spiro atoms. The number of para-hydroxylation sites is 1. The molecular weight excluding hydrogens is 250 g/mol. The van der Waals surface area contributed by atoms with Crippen molar-refractivity contribution in [3.8, 4) is 0 Å². The largest absolute Gasteiger partial charge is 0.311 e. The molecule has 1 saturated carbocycles. The molecule has 102 valence electrons. The molecule has 0 radical (unpaired) electrons. The number of hydrogen-bond donors (Lipinski definition) is 1. The summed E-state index contributed by atoms with van der Waals surface area (Å²) in [5, 5.41) is 6.77. The van der Waals surface area contributed by atoms with E-state index in [0.717, 1.165) is 17.9 Å². The van der Waals surface area contributed by atoms with Gasteiger partial charge in [-0.2, -0.15) is 5.10 Å². The van der Waals surface area contributed by atoms with Crippen LogP contribution in [-0.2, 0) is 16.6 Å². The maximum atomic E-state index is 12.6. The zero-order valence-electron chi connectivity index (χ0n) is 11.3. The number of nitrogens with zero attached hydrogens (tertiary/aromatic N) is 2. The number of benzene rings is 1. The normalized spacial score (nSPS) is 18.9. The summed E-state index contributed by atoms with van der Waals surface area (Å²) in [7, 11) is 0. The van der Waals surface area contributed by atoms with Crippen LogP contribution in [0, 0.1) is 0 Å². The van der Waals surface area contributed by atoms with Gasteiger partial charge in [-0.25, -0.2) is 0 Å². The number of carbonyl (C=O) groups excluding carboxylic acids is 1. The monoisotopic (exact) mass is 267 g/mol. The van der Waals surface area contributed by atoms with Crippen LogP contribution in [-0.4, -0.2) is 22.6 Å². The molecule has 4 rings (SSSR count). The van der Waals surface area contributed by atoms with Gasteiger partial charge in [-0.05, 0) is 30.5 Å². The van der Waals surface area contributed by atoms with Crippen molar-refractivity contribution >= 4 is 11.6 Å². The minimum absolute atomic E-state index is 0.158. The number of nitrogens with one attached hydrogen (secondary N) is 1. The molecule has 1 amide bonds. The standard InChI is InChI=1S/C16H17N3O/c20-15(10-12-6-9-17-18-12)19-11-16(7-3-8-16)13-4-1-2-5-14(13)19/h1-2,4-6,9H,3,7-8,10-11H2,(H,17,18). The van der Waals surface area contributed by atoms with Crippen LogP contribution in [0.25, 0.3) is 0 Å². The number of rotatable bonds is 2. The Morgan fingerprint density at radius 3 is 2.85 bits per heavy atom. The molecule has 0 unspecified atom stereocenters. The first-order valence-electron chi connectivity index (χ1n) is 7.17. The van der Waals surface area contributed by atoms with Crippen molar-refractivity contribution in [2.75, 3.05) is 11.4 Å². The fourth-order valence-electron chi connectivity index (χ4n) is 3.53. The Kier molecular flexibility index (Phi) is 2.46. The van der Waals surface area contributed by atoms with E-state index >= 15 is 0 Å². The van der Waals surface area contributed by atoms with Crippen molar-refractivity contribution in [1.29, 1.82) is 0 Å². The Morgan fingerprint density at radius 2 is 2.15 bits per heavy atom. The van der Waals surface area contributed by atoms with Gasteiger partial charge in [0.2, 0.25) is 5.91 Å². The van der Waals surface area contributed by atoms with Crippen LogP contribution in [0.15, 0.2) is 36.5 Å². The van der Waals surface area contributed by atoms with Gasteiger partial charge in [0, 0.05) is 29.5 Å². The van der Waals surface area contributed by atoms with Crippen molar-refractivity contribution in [1.82, 2.24) is 10.2 Å². The first-order chi connectivity index (χ1) is 9.78. The first-order valence-corrected chi connectivity index (χ1v) is 7.17. The fourth-order valence-corrected chi connectivity index (χ4v) is 3.53. The number of anilines is 1. The SMILES string of the molecule is O=C(Cc1ccn[nH]1)N1CC2(CCC2)c2ccccc21. The summed E-state index contributed by atoms with van der Waals surface area (Å²) in [6, 6.07) is 10.2. The predicted molar refractivity (Wildman–Crippen MR) is 76.6 cm³/mol. The third kappa shape index (κ3) is 1.60. The van der Waals surface area contributed by atoms with Crippen LogP contribution in [0.3, 0.4) is 0 Å². The highest BCUT2D eigenvalue weighted by Gasteiger charge is 2.48. The van der Waals surface area contributed by atoms with Gasteiger partial charge in [-0.3, -0.25) is 9.89 Å². The zero-order valence-corrected chi connectivity index (χ0v) is 11.3. The van der Waals surface area contributed by atoms with Crippen molar-refractivity contribution in [3.63, 3.8) is 0 Å². The number of hydrogen-bond acceptors (Lipinski definition) is 2. The van der Waals surface area contributed by atoms with E-state index in [1.165, 1.54) is 24.8 Å². The average Bonchev–Trinajstić information content (AvgIpc) is 3.02. The summed E-state index contributed by atoms with van der Waals surface area (Å²) in [4.78, 5) is 14.5. The van der Waals surface area contributed by atoms with Crippen molar-refractivity contribution in [3.05, 3.63) is 47.8 Å². The Balaban J connectivity index is 1.65. The molecule has 2 aliphatic rings. The number of aromatic nitrogens is 2. The molecule has 2 aromatic rings. The Labute approximate surface area is 117 Å².